The predicted molar refractivity (Wildman–Crippen MR) is 93.1 cm³/mol. The maximum atomic E-state index is 12.2. The second kappa shape index (κ2) is 8.82. The minimum Gasteiger partial charge on any atom is -0.493 e. The molecule has 25 heavy (non-hydrogen) atoms. The van der Waals surface area contributed by atoms with E-state index in [2.05, 4.69) is 0 Å². The van der Waals surface area contributed by atoms with Gasteiger partial charge in [-0.25, -0.2) is 4.79 Å². The summed E-state index contributed by atoms with van der Waals surface area (Å²) < 4.78 is 26.4. The SMILES string of the molecule is COc1cc(C(=O)OCCOc2ccc(C)cc2)cc(OC)c1OC. The summed E-state index contributed by atoms with van der Waals surface area (Å²) in [6.07, 6.45) is 0. The molecule has 0 N–H and O–H groups in total. The Kier molecular flexibility index (Phi) is 6.51. The third-order valence-corrected chi connectivity index (χ3v) is 3.51. The van der Waals surface area contributed by atoms with Gasteiger partial charge in [0.15, 0.2) is 11.5 Å². The number of methoxy groups -OCH3 is 3. The summed E-state index contributed by atoms with van der Waals surface area (Å²) in [6, 6.07) is 10.7. The van der Waals surface area contributed by atoms with Gasteiger partial charge in [0.2, 0.25) is 5.75 Å². The molecule has 0 fully saturated rings. The molecule has 0 heterocycles. The molecule has 2 aromatic rings. The van der Waals surface area contributed by atoms with Crippen molar-refractivity contribution in [2.75, 3.05) is 34.5 Å². The number of carbonyl (C=O) groups is 1. The maximum absolute atomic E-state index is 12.2. The highest BCUT2D eigenvalue weighted by Gasteiger charge is 2.17. The van der Waals surface area contributed by atoms with Crippen molar-refractivity contribution in [3.05, 3.63) is 47.5 Å². The molecule has 0 aliphatic carbocycles. The fraction of sp³-hybridized carbons (Fsp3) is 0.316. The Bertz CT molecular complexity index is 683. The van der Waals surface area contributed by atoms with Crippen molar-refractivity contribution in [2.24, 2.45) is 0 Å². The standard InChI is InChI=1S/C19H22O6/c1-13-5-7-15(8-6-13)24-9-10-25-19(20)14-11-16(21-2)18(23-4)17(12-14)22-3/h5-8,11-12H,9-10H2,1-4H3. The predicted octanol–water partition coefficient (Wildman–Crippen LogP) is 3.26. The summed E-state index contributed by atoms with van der Waals surface area (Å²) in [6.45, 7) is 2.39. The van der Waals surface area contributed by atoms with Crippen LogP contribution in [0, 0.1) is 6.92 Å². The normalized spacial score (nSPS) is 10.1. The van der Waals surface area contributed by atoms with Crippen molar-refractivity contribution in [3.63, 3.8) is 0 Å². The van der Waals surface area contributed by atoms with Gasteiger partial charge < -0.3 is 23.7 Å². The first kappa shape index (κ1) is 18.4. The maximum Gasteiger partial charge on any atom is 0.338 e. The van der Waals surface area contributed by atoms with Crippen molar-refractivity contribution in [1.82, 2.24) is 0 Å². The van der Waals surface area contributed by atoms with Crippen LogP contribution in [-0.2, 0) is 4.74 Å². The average molecular weight is 346 g/mol. The Balaban J connectivity index is 1.95. The van der Waals surface area contributed by atoms with Gasteiger partial charge in [0.1, 0.15) is 19.0 Å². The molecule has 2 rings (SSSR count). The smallest absolute Gasteiger partial charge is 0.338 e. The molecule has 0 aromatic heterocycles. The van der Waals surface area contributed by atoms with Crippen molar-refractivity contribution in [1.29, 1.82) is 0 Å². The molecule has 0 saturated carbocycles. The summed E-state index contributed by atoms with van der Waals surface area (Å²) in [4.78, 5) is 12.2. The quantitative estimate of drug-likeness (QED) is 0.540. The molecule has 0 bridgehead atoms. The monoisotopic (exact) mass is 346 g/mol. The Morgan fingerprint density at radius 1 is 0.880 bits per heavy atom. The molecule has 0 atom stereocenters. The number of benzene rings is 2. The lowest BCUT2D eigenvalue weighted by atomic mass is 10.2. The molecular weight excluding hydrogens is 324 g/mol. The van der Waals surface area contributed by atoms with Gasteiger partial charge in [-0.1, -0.05) is 17.7 Å². The third kappa shape index (κ3) is 4.79. The zero-order chi connectivity index (χ0) is 18.2. The number of ether oxygens (including phenoxy) is 5. The third-order valence-electron chi connectivity index (χ3n) is 3.51. The second-order valence-electron chi connectivity index (χ2n) is 5.21. The van der Waals surface area contributed by atoms with E-state index in [1.165, 1.54) is 21.3 Å². The number of hydrogen-bond donors (Lipinski definition) is 0. The van der Waals surface area contributed by atoms with E-state index in [1.54, 1.807) is 12.1 Å². The van der Waals surface area contributed by atoms with Crippen molar-refractivity contribution in [2.45, 2.75) is 6.92 Å². The van der Waals surface area contributed by atoms with E-state index in [1.807, 2.05) is 31.2 Å². The van der Waals surface area contributed by atoms with E-state index >= 15 is 0 Å². The van der Waals surface area contributed by atoms with Gasteiger partial charge in [0.05, 0.1) is 26.9 Å². The van der Waals surface area contributed by atoms with E-state index in [4.69, 9.17) is 23.7 Å². The largest absolute Gasteiger partial charge is 0.493 e. The van der Waals surface area contributed by atoms with Crippen molar-refractivity contribution < 1.29 is 28.5 Å². The highest BCUT2D eigenvalue weighted by molar-refractivity contribution is 5.91. The Hall–Kier alpha value is -2.89. The molecule has 0 aliphatic heterocycles. The van der Waals surface area contributed by atoms with Crippen LogP contribution in [0.5, 0.6) is 23.0 Å². The van der Waals surface area contributed by atoms with Crippen molar-refractivity contribution >= 4 is 5.97 Å². The lowest BCUT2D eigenvalue weighted by Crippen LogP contribution is -2.13. The number of aryl methyl sites for hydroxylation is 1. The zero-order valence-electron chi connectivity index (χ0n) is 14.8. The molecule has 2 aromatic carbocycles. The fourth-order valence-corrected chi connectivity index (χ4v) is 2.21. The summed E-state index contributed by atoms with van der Waals surface area (Å²) >= 11 is 0. The van der Waals surface area contributed by atoms with Gasteiger partial charge >= 0.3 is 5.97 Å². The number of carbonyl (C=O) groups excluding carboxylic acids is 1. The molecule has 6 heteroatoms. The Morgan fingerprint density at radius 2 is 1.48 bits per heavy atom. The molecule has 0 spiro atoms. The second-order valence-corrected chi connectivity index (χ2v) is 5.21. The van der Waals surface area contributed by atoms with Crippen LogP contribution in [-0.4, -0.2) is 40.5 Å². The molecule has 0 unspecified atom stereocenters. The zero-order valence-corrected chi connectivity index (χ0v) is 14.8. The van der Waals surface area contributed by atoms with E-state index < -0.39 is 5.97 Å². The van der Waals surface area contributed by atoms with Crippen molar-refractivity contribution in [3.8, 4) is 23.0 Å². The Labute approximate surface area is 147 Å². The van der Waals surface area contributed by atoms with Gasteiger partial charge in [-0.05, 0) is 31.2 Å². The molecule has 0 aliphatic rings. The lowest BCUT2D eigenvalue weighted by Gasteiger charge is -2.14. The van der Waals surface area contributed by atoms with Crippen LogP contribution in [0.15, 0.2) is 36.4 Å². The topological polar surface area (TPSA) is 63.2 Å². The van der Waals surface area contributed by atoms with Gasteiger partial charge in [0.25, 0.3) is 0 Å². The van der Waals surface area contributed by atoms with E-state index in [-0.39, 0.29) is 13.2 Å². The van der Waals surface area contributed by atoms with Crippen LogP contribution in [0.2, 0.25) is 0 Å². The van der Waals surface area contributed by atoms with Gasteiger partial charge in [0, 0.05) is 0 Å². The van der Waals surface area contributed by atoms with Crippen LogP contribution in [0.4, 0.5) is 0 Å². The fourth-order valence-electron chi connectivity index (χ4n) is 2.21. The molecule has 134 valence electrons. The number of rotatable bonds is 8. The average Bonchev–Trinajstić information content (AvgIpc) is 2.65. The van der Waals surface area contributed by atoms with Crippen LogP contribution in [0.25, 0.3) is 0 Å². The van der Waals surface area contributed by atoms with Crippen LogP contribution in [0.3, 0.4) is 0 Å². The van der Waals surface area contributed by atoms with E-state index in [0.717, 1.165) is 11.3 Å². The Morgan fingerprint density at radius 3 is 2.00 bits per heavy atom. The summed E-state index contributed by atoms with van der Waals surface area (Å²) in [7, 11) is 4.48. The van der Waals surface area contributed by atoms with E-state index in [9.17, 15) is 4.79 Å². The van der Waals surface area contributed by atoms with Crippen LogP contribution >= 0.6 is 0 Å². The molecule has 0 saturated heterocycles. The molecular formula is C19H22O6. The molecule has 6 nitrogen and oxygen atoms in total. The lowest BCUT2D eigenvalue weighted by molar-refractivity contribution is 0.0449. The first-order chi connectivity index (χ1) is 12.1. The summed E-state index contributed by atoms with van der Waals surface area (Å²) in [5.74, 6) is 1.44. The first-order valence-corrected chi connectivity index (χ1v) is 7.75. The van der Waals surface area contributed by atoms with Crippen LogP contribution < -0.4 is 18.9 Å². The van der Waals surface area contributed by atoms with Crippen LogP contribution in [0.1, 0.15) is 15.9 Å². The summed E-state index contributed by atoms with van der Waals surface area (Å²) in [5, 5.41) is 0. The summed E-state index contributed by atoms with van der Waals surface area (Å²) in [5.41, 5.74) is 1.46. The highest BCUT2D eigenvalue weighted by Crippen LogP contribution is 2.38. The van der Waals surface area contributed by atoms with Gasteiger partial charge in [-0.15, -0.1) is 0 Å². The van der Waals surface area contributed by atoms with E-state index in [0.29, 0.717) is 22.8 Å². The number of esters is 1. The number of hydrogen-bond acceptors (Lipinski definition) is 6. The highest BCUT2D eigenvalue weighted by atomic mass is 16.6. The molecule has 0 radical (unpaired) electrons. The molecule has 0 amide bonds. The van der Waals surface area contributed by atoms with Gasteiger partial charge in [-0.2, -0.15) is 0 Å². The first-order valence-electron chi connectivity index (χ1n) is 7.75. The minimum absolute atomic E-state index is 0.128. The van der Waals surface area contributed by atoms with Gasteiger partial charge in [-0.3, -0.25) is 0 Å². The minimum atomic E-state index is -0.494.